The van der Waals surface area contributed by atoms with E-state index in [9.17, 15) is 14.4 Å². The quantitative estimate of drug-likeness (QED) is 0.306. The maximum atomic E-state index is 13.0. The number of anilines is 1. The molecule has 0 atom stereocenters. The van der Waals surface area contributed by atoms with Crippen LogP contribution in [0.4, 0.5) is 10.5 Å². The van der Waals surface area contributed by atoms with Crippen molar-refractivity contribution < 1.29 is 23.9 Å². The molecule has 1 aliphatic heterocycles. The molecule has 0 radical (unpaired) electrons. The summed E-state index contributed by atoms with van der Waals surface area (Å²) in [6.07, 6.45) is 1.41. The van der Waals surface area contributed by atoms with Crippen LogP contribution in [0.25, 0.3) is 6.08 Å². The van der Waals surface area contributed by atoms with Crippen LogP contribution in [-0.4, -0.2) is 25.0 Å². The summed E-state index contributed by atoms with van der Waals surface area (Å²) in [4.78, 5) is 38.8. The molecule has 0 spiro atoms. The van der Waals surface area contributed by atoms with Crippen LogP contribution in [0.1, 0.15) is 11.1 Å². The van der Waals surface area contributed by atoms with E-state index >= 15 is 0 Å². The van der Waals surface area contributed by atoms with E-state index in [2.05, 4.69) is 37.2 Å². The predicted octanol–water partition coefficient (Wildman–Crippen LogP) is 5.47. The number of hydrogen-bond donors (Lipinski definition) is 1. The molecule has 0 aliphatic carbocycles. The largest absolute Gasteiger partial charge is 0.493 e. The predicted molar refractivity (Wildman–Crippen MR) is 135 cm³/mol. The Hall–Kier alpha value is -3.43. The van der Waals surface area contributed by atoms with Gasteiger partial charge in [0.25, 0.3) is 11.8 Å². The molecule has 172 valence electrons. The highest BCUT2D eigenvalue weighted by atomic mass is 79.9. The van der Waals surface area contributed by atoms with Crippen molar-refractivity contribution in [2.45, 2.75) is 6.61 Å². The second-order valence-electron chi connectivity index (χ2n) is 7.24. The van der Waals surface area contributed by atoms with Crippen LogP contribution in [0.2, 0.25) is 0 Å². The molecule has 1 saturated heterocycles. The van der Waals surface area contributed by atoms with Gasteiger partial charge in [-0.2, -0.15) is 0 Å². The van der Waals surface area contributed by atoms with Crippen molar-refractivity contribution in [3.8, 4) is 11.5 Å². The molecule has 0 bridgehead atoms. The van der Waals surface area contributed by atoms with Crippen molar-refractivity contribution in [3.05, 3.63) is 92.4 Å². The molecule has 3 aromatic carbocycles. The van der Waals surface area contributed by atoms with E-state index < -0.39 is 17.8 Å². The number of carbonyl (C=O) groups is 3. The Morgan fingerprint density at radius 1 is 0.971 bits per heavy atom. The van der Waals surface area contributed by atoms with Gasteiger partial charge in [-0.3, -0.25) is 14.9 Å². The first-order valence-electron chi connectivity index (χ1n) is 10.1. The van der Waals surface area contributed by atoms with Crippen LogP contribution in [0.5, 0.6) is 11.5 Å². The smallest absolute Gasteiger partial charge is 0.335 e. The number of hydrogen-bond acceptors (Lipinski definition) is 5. The summed E-state index contributed by atoms with van der Waals surface area (Å²) in [5, 5.41) is 2.21. The van der Waals surface area contributed by atoms with Crippen molar-refractivity contribution in [1.82, 2.24) is 5.32 Å². The van der Waals surface area contributed by atoms with E-state index in [4.69, 9.17) is 9.47 Å². The molecule has 1 aliphatic rings. The Labute approximate surface area is 212 Å². The van der Waals surface area contributed by atoms with E-state index in [0.717, 1.165) is 14.9 Å². The summed E-state index contributed by atoms with van der Waals surface area (Å²) in [6.45, 7) is 0.317. The molecule has 7 nitrogen and oxygen atoms in total. The summed E-state index contributed by atoms with van der Waals surface area (Å²) in [5.74, 6) is -0.593. The average molecular weight is 586 g/mol. The fraction of sp³-hybridized carbons (Fsp3) is 0.0800. The summed E-state index contributed by atoms with van der Waals surface area (Å²) < 4.78 is 13.0. The van der Waals surface area contributed by atoms with Gasteiger partial charge >= 0.3 is 6.03 Å². The third kappa shape index (κ3) is 5.05. The number of urea groups is 1. The number of carbonyl (C=O) groups excluding carboxylic acids is 3. The van der Waals surface area contributed by atoms with Crippen molar-refractivity contribution in [2.24, 2.45) is 0 Å². The zero-order chi connectivity index (χ0) is 24.2. The van der Waals surface area contributed by atoms with Crippen LogP contribution < -0.4 is 19.7 Å². The van der Waals surface area contributed by atoms with E-state index in [1.54, 1.807) is 42.5 Å². The van der Waals surface area contributed by atoms with Crippen molar-refractivity contribution in [3.63, 3.8) is 0 Å². The molecule has 1 fully saturated rings. The molecular formula is C25H18Br2N2O5. The molecule has 0 unspecified atom stereocenters. The number of para-hydroxylation sites is 1. The lowest BCUT2D eigenvalue weighted by molar-refractivity contribution is -0.122. The van der Waals surface area contributed by atoms with Crippen LogP contribution in [-0.2, 0) is 16.2 Å². The second kappa shape index (κ2) is 10.2. The summed E-state index contributed by atoms with van der Waals surface area (Å²) in [6, 6.07) is 18.7. The first kappa shape index (κ1) is 23.7. The zero-order valence-electron chi connectivity index (χ0n) is 17.9. The number of nitrogens with zero attached hydrogens (tertiary/aromatic N) is 1. The number of barbiturate groups is 1. The van der Waals surface area contributed by atoms with Gasteiger partial charge in [0.15, 0.2) is 11.5 Å². The van der Waals surface area contributed by atoms with Gasteiger partial charge in [-0.25, -0.2) is 9.69 Å². The van der Waals surface area contributed by atoms with E-state index in [0.29, 0.717) is 33.8 Å². The highest BCUT2D eigenvalue weighted by Crippen LogP contribution is 2.38. The van der Waals surface area contributed by atoms with E-state index in [1.807, 2.05) is 24.3 Å². The number of methoxy groups -OCH3 is 1. The van der Waals surface area contributed by atoms with Crippen molar-refractivity contribution in [1.29, 1.82) is 0 Å². The van der Waals surface area contributed by atoms with Crippen LogP contribution in [0, 0.1) is 0 Å². The molecule has 34 heavy (non-hydrogen) atoms. The Morgan fingerprint density at radius 2 is 1.68 bits per heavy atom. The Kier molecular flexibility index (Phi) is 7.14. The lowest BCUT2D eigenvalue weighted by Gasteiger charge is -2.26. The van der Waals surface area contributed by atoms with Crippen LogP contribution in [0.15, 0.2) is 81.2 Å². The first-order chi connectivity index (χ1) is 16.4. The highest BCUT2D eigenvalue weighted by molar-refractivity contribution is 9.10. The molecule has 1 N–H and O–H groups in total. The normalized spacial score (nSPS) is 14.9. The average Bonchev–Trinajstić information content (AvgIpc) is 2.82. The number of ether oxygens (including phenoxy) is 2. The molecule has 4 amide bonds. The van der Waals surface area contributed by atoms with Gasteiger partial charge in [-0.05, 0) is 69.5 Å². The Bertz CT molecular complexity index is 1290. The topological polar surface area (TPSA) is 84.9 Å². The van der Waals surface area contributed by atoms with Gasteiger partial charge in [-0.1, -0.05) is 46.3 Å². The van der Waals surface area contributed by atoms with Gasteiger partial charge in [0.05, 0.1) is 17.3 Å². The number of nitrogens with one attached hydrogen (secondary N) is 1. The van der Waals surface area contributed by atoms with Crippen LogP contribution in [0.3, 0.4) is 0 Å². The minimum atomic E-state index is -0.797. The molecule has 1 heterocycles. The van der Waals surface area contributed by atoms with E-state index in [1.165, 1.54) is 13.2 Å². The van der Waals surface area contributed by atoms with Gasteiger partial charge in [0, 0.05) is 4.47 Å². The number of benzene rings is 3. The number of imide groups is 2. The summed E-state index contributed by atoms with van der Waals surface area (Å²) in [7, 11) is 1.50. The monoisotopic (exact) mass is 584 g/mol. The summed E-state index contributed by atoms with van der Waals surface area (Å²) >= 11 is 6.89. The first-order valence-corrected chi connectivity index (χ1v) is 11.7. The summed E-state index contributed by atoms with van der Waals surface area (Å²) in [5.41, 5.74) is 1.67. The minimum Gasteiger partial charge on any atom is -0.493 e. The molecule has 4 rings (SSSR count). The Morgan fingerprint density at radius 3 is 2.35 bits per heavy atom. The second-order valence-corrected chi connectivity index (χ2v) is 9.01. The zero-order valence-corrected chi connectivity index (χ0v) is 21.1. The molecule has 0 aromatic heterocycles. The Balaban J connectivity index is 1.63. The molecule has 9 heteroatoms. The van der Waals surface area contributed by atoms with Gasteiger partial charge < -0.3 is 9.47 Å². The van der Waals surface area contributed by atoms with Gasteiger partial charge in [0.2, 0.25) is 0 Å². The minimum absolute atomic E-state index is 0.180. The maximum absolute atomic E-state index is 13.0. The molecular weight excluding hydrogens is 568 g/mol. The lowest BCUT2D eigenvalue weighted by Crippen LogP contribution is -2.54. The number of amides is 4. The molecule has 3 aromatic rings. The number of rotatable bonds is 6. The third-order valence-electron chi connectivity index (χ3n) is 4.98. The highest BCUT2D eigenvalue weighted by Gasteiger charge is 2.36. The SMILES string of the molecule is COc1cc(/C=C2\C(=O)NC(=O)N(c3ccccc3)C2=O)cc(Br)c1OCc1ccc(Br)cc1. The molecule has 0 saturated carbocycles. The van der Waals surface area contributed by atoms with Gasteiger partial charge in [-0.15, -0.1) is 0 Å². The van der Waals surface area contributed by atoms with E-state index in [-0.39, 0.29) is 5.57 Å². The van der Waals surface area contributed by atoms with Crippen molar-refractivity contribution in [2.75, 3.05) is 12.0 Å². The maximum Gasteiger partial charge on any atom is 0.335 e. The van der Waals surface area contributed by atoms with Crippen molar-refractivity contribution >= 4 is 61.5 Å². The van der Waals surface area contributed by atoms with Crippen LogP contribution >= 0.6 is 31.9 Å². The fourth-order valence-corrected chi connectivity index (χ4v) is 4.17. The fourth-order valence-electron chi connectivity index (χ4n) is 3.34. The van der Waals surface area contributed by atoms with Gasteiger partial charge in [0.1, 0.15) is 12.2 Å². The standard InChI is InChI=1S/C25H18Br2N2O5/c1-33-21-13-16(12-20(27)22(21)34-14-15-7-9-17(26)10-8-15)11-19-23(30)28-25(32)29(24(19)31)18-5-3-2-4-6-18/h2-13H,14H2,1H3,(H,28,30,32)/b19-11+. The third-order valence-corrected chi connectivity index (χ3v) is 6.09. The number of halogens is 2. The lowest BCUT2D eigenvalue weighted by atomic mass is 10.1.